The summed E-state index contributed by atoms with van der Waals surface area (Å²) in [6.45, 7) is 2.37. The van der Waals surface area contributed by atoms with E-state index in [0.717, 1.165) is 0 Å². The predicted octanol–water partition coefficient (Wildman–Crippen LogP) is -1.55. The first kappa shape index (κ1) is 19.9. The van der Waals surface area contributed by atoms with Crippen molar-refractivity contribution in [3.05, 3.63) is 0 Å². The van der Waals surface area contributed by atoms with E-state index in [1.807, 2.05) is 19.0 Å². The molecule has 0 spiro atoms. The van der Waals surface area contributed by atoms with E-state index < -0.39 is 33.7 Å². The van der Waals surface area contributed by atoms with Crippen molar-refractivity contribution in [1.82, 2.24) is 15.1 Å². The Morgan fingerprint density at radius 1 is 1.30 bits per heavy atom. The Morgan fingerprint density at radius 2 is 1.96 bits per heavy atom. The number of sulfone groups is 1. The quantitative estimate of drug-likeness (QED) is 0.539. The molecule has 2 unspecified atom stereocenters. The minimum Gasteiger partial charge on any atom is -0.394 e. The van der Waals surface area contributed by atoms with Crippen LogP contribution in [0.15, 0.2) is 0 Å². The highest BCUT2D eigenvalue weighted by molar-refractivity contribution is 7.91. The van der Waals surface area contributed by atoms with Crippen LogP contribution in [0.4, 0.5) is 0 Å². The Labute approximate surface area is 137 Å². The topological polar surface area (TPSA) is 107 Å². The Morgan fingerprint density at radius 3 is 2.39 bits per heavy atom. The monoisotopic (exact) mass is 349 g/mol. The lowest BCUT2D eigenvalue weighted by Crippen LogP contribution is -2.52. The second-order valence-electron chi connectivity index (χ2n) is 6.12. The standard InChI is InChI=1S/C14H27N3O5S/c1-4-11(9-18)15-13(19)14(20)17(7-6-16(2)3)12-5-8-23(21,22)10-12/h11-12,18H,4-10H2,1-3H3,(H,15,19). The van der Waals surface area contributed by atoms with Crippen molar-refractivity contribution in [2.45, 2.75) is 31.8 Å². The van der Waals surface area contributed by atoms with E-state index in [9.17, 15) is 18.0 Å². The minimum atomic E-state index is -3.15. The molecule has 0 aromatic heterocycles. The number of hydrogen-bond donors (Lipinski definition) is 2. The van der Waals surface area contributed by atoms with Gasteiger partial charge in [-0.05, 0) is 26.9 Å². The molecule has 1 fully saturated rings. The molecule has 2 amide bonds. The maximum absolute atomic E-state index is 12.4. The van der Waals surface area contributed by atoms with Crippen LogP contribution in [0.5, 0.6) is 0 Å². The Balaban J connectivity index is 2.82. The molecular weight excluding hydrogens is 322 g/mol. The number of carbonyl (C=O) groups excluding carboxylic acids is 2. The van der Waals surface area contributed by atoms with Crippen molar-refractivity contribution in [3.63, 3.8) is 0 Å². The van der Waals surface area contributed by atoms with E-state index in [4.69, 9.17) is 5.11 Å². The molecule has 0 aromatic carbocycles. The smallest absolute Gasteiger partial charge is 0.312 e. The highest BCUT2D eigenvalue weighted by Gasteiger charge is 2.36. The zero-order valence-corrected chi connectivity index (χ0v) is 14.8. The maximum atomic E-state index is 12.4. The normalized spacial score (nSPS) is 21.2. The lowest BCUT2D eigenvalue weighted by Gasteiger charge is -2.29. The second kappa shape index (κ2) is 8.60. The SMILES string of the molecule is CCC(CO)NC(=O)C(=O)N(CCN(C)C)C1CCS(=O)(=O)C1. The number of aliphatic hydroxyl groups is 1. The second-order valence-corrected chi connectivity index (χ2v) is 8.35. The van der Waals surface area contributed by atoms with Gasteiger partial charge in [-0.1, -0.05) is 6.92 Å². The van der Waals surface area contributed by atoms with Crippen LogP contribution in [0.25, 0.3) is 0 Å². The highest BCUT2D eigenvalue weighted by Crippen LogP contribution is 2.18. The molecule has 2 atom stereocenters. The molecule has 0 radical (unpaired) electrons. The number of nitrogens with one attached hydrogen (secondary N) is 1. The fourth-order valence-electron chi connectivity index (χ4n) is 2.43. The van der Waals surface area contributed by atoms with Crippen molar-refractivity contribution in [2.24, 2.45) is 0 Å². The molecule has 2 N–H and O–H groups in total. The van der Waals surface area contributed by atoms with Gasteiger partial charge < -0.3 is 20.2 Å². The third-order valence-electron chi connectivity index (χ3n) is 3.94. The van der Waals surface area contributed by atoms with Crippen LogP contribution in [0.2, 0.25) is 0 Å². The first-order valence-electron chi connectivity index (χ1n) is 7.77. The van der Waals surface area contributed by atoms with E-state index in [0.29, 0.717) is 19.4 Å². The van der Waals surface area contributed by atoms with Gasteiger partial charge >= 0.3 is 11.8 Å². The first-order chi connectivity index (χ1) is 10.7. The van der Waals surface area contributed by atoms with Crippen molar-refractivity contribution >= 4 is 21.7 Å². The van der Waals surface area contributed by atoms with Crippen molar-refractivity contribution in [2.75, 3.05) is 45.3 Å². The van der Waals surface area contributed by atoms with Crippen molar-refractivity contribution < 1.29 is 23.1 Å². The van der Waals surface area contributed by atoms with Gasteiger partial charge in [0.05, 0.1) is 24.2 Å². The minimum absolute atomic E-state index is 0.0409. The third kappa shape index (κ3) is 6.08. The number of likely N-dealkylation sites (N-methyl/N-ethyl adjacent to an activating group) is 1. The van der Waals surface area contributed by atoms with Gasteiger partial charge in [-0.2, -0.15) is 0 Å². The molecule has 1 aliphatic rings. The summed E-state index contributed by atoms with van der Waals surface area (Å²) < 4.78 is 23.3. The van der Waals surface area contributed by atoms with E-state index in [-0.39, 0.29) is 24.7 Å². The fourth-order valence-corrected chi connectivity index (χ4v) is 4.16. The summed E-state index contributed by atoms with van der Waals surface area (Å²) in [6, 6.07) is -0.943. The van der Waals surface area contributed by atoms with E-state index in [2.05, 4.69) is 5.32 Å². The molecule has 134 valence electrons. The van der Waals surface area contributed by atoms with Crippen LogP contribution in [-0.4, -0.2) is 92.5 Å². The van der Waals surface area contributed by atoms with Crippen LogP contribution in [0, 0.1) is 0 Å². The Kier molecular flexibility index (Phi) is 7.43. The van der Waals surface area contributed by atoms with Gasteiger partial charge in [0.25, 0.3) is 0 Å². The maximum Gasteiger partial charge on any atom is 0.312 e. The van der Waals surface area contributed by atoms with Gasteiger partial charge in [-0.25, -0.2) is 8.42 Å². The number of aliphatic hydroxyl groups excluding tert-OH is 1. The number of hydrogen-bond acceptors (Lipinski definition) is 6. The summed E-state index contributed by atoms with van der Waals surface area (Å²) in [6.07, 6.45) is 0.858. The zero-order valence-electron chi connectivity index (χ0n) is 14.0. The Hall–Kier alpha value is -1.19. The number of rotatable bonds is 7. The molecule has 0 bridgehead atoms. The molecule has 1 aliphatic heterocycles. The third-order valence-corrected chi connectivity index (χ3v) is 5.69. The summed E-state index contributed by atoms with van der Waals surface area (Å²) in [5.74, 6) is -1.59. The lowest BCUT2D eigenvalue weighted by molar-refractivity contribution is -0.147. The molecule has 0 aliphatic carbocycles. The van der Waals surface area contributed by atoms with Crippen LogP contribution >= 0.6 is 0 Å². The average Bonchev–Trinajstić information content (AvgIpc) is 2.84. The van der Waals surface area contributed by atoms with Gasteiger partial charge in [0.15, 0.2) is 9.84 Å². The first-order valence-corrected chi connectivity index (χ1v) is 9.59. The lowest BCUT2D eigenvalue weighted by atomic mass is 10.2. The van der Waals surface area contributed by atoms with Crippen LogP contribution in [0.3, 0.4) is 0 Å². The average molecular weight is 349 g/mol. The summed E-state index contributed by atoms with van der Waals surface area (Å²) >= 11 is 0. The van der Waals surface area contributed by atoms with Gasteiger partial charge in [-0.3, -0.25) is 9.59 Å². The number of amides is 2. The molecule has 0 aromatic rings. The van der Waals surface area contributed by atoms with E-state index in [1.54, 1.807) is 6.92 Å². The summed E-state index contributed by atoms with van der Waals surface area (Å²) in [7, 11) is 0.531. The summed E-state index contributed by atoms with van der Waals surface area (Å²) in [5.41, 5.74) is 0. The molecule has 8 nitrogen and oxygen atoms in total. The van der Waals surface area contributed by atoms with Gasteiger partial charge in [0.1, 0.15) is 0 Å². The number of nitrogens with zero attached hydrogens (tertiary/aromatic N) is 2. The van der Waals surface area contributed by atoms with E-state index >= 15 is 0 Å². The molecule has 1 saturated heterocycles. The Bertz CT molecular complexity index is 517. The van der Waals surface area contributed by atoms with Crippen molar-refractivity contribution in [3.8, 4) is 0 Å². The van der Waals surface area contributed by atoms with Crippen LogP contribution in [0.1, 0.15) is 19.8 Å². The number of carbonyl (C=O) groups is 2. The fraction of sp³-hybridized carbons (Fsp3) is 0.857. The highest BCUT2D eigenvalue weighted by atomic mass is 32.2. The molecule has 9 heteroatoms. The molecule has 0 saturated carbocycles. The summed E-state index contributed by atoms with van der Waals surface area (Å²) in [4.78, 5) is 27.8. The van der Waals surface area contributed by atoms with Crippen molar-refractivity contribution in [1.29, 1.82) is 0 Å². The van der Waals surface area contributed by atoms with Crippen LogP contribution < -0.4 is 5.32 Å². The van der Waals surface area contributed by atoms with Gasteiger partial charge in [0, 0.05) is 19.1 Å². The molecule has 23 heavy (non-hydrogen) atoms. The molecular formula is C14H27N3O5S. The zero-order chi connectivity index (χ0) is 17.6. The van der Waals surface area contributed by atoms with E-state index in [1.165, 1.54) is 4.90 Å². The molecule has 1 rings (SSSR count). The molecule has 1 heterocycles. The van der Waals surface area contributed by atoms with Gasteiger partial charge in [-0.15, -0.1) is 0 Å². The summed E-state index contributed by atoms with van der Waals surface area (Å²) in [5, 5.41) is 11.6. The predicted molar refractivity (Wildman–Crippen MR) is 86.6 cm³/mol. The largest absolute Gasteiger partial charge is 0.394 e. The van der Waals surface area contributed by atoms with Crippen LogP contribution in [-0.2, 0) is 19.4 Å². The van der Waals surface area contributed by atoms with Gasteiger partial charge in [0.2, 0.25) is 0 Å².